The van der Waals surface area contributed by atoms with Crippen molar-refractivity contribution in [3.63, 3.8) is 0 Å². The molecule has 0 bridgehead atoms. The van der Waals surface area contributed by atoms with Gasteiger partial charge in [-0.1, -0.05) is 35.4 Å². The third kappa shape index (κ3) is 3.35. The standard InChI is InChI=1S/C18H13N3O4/c22-16(9-6-12-4-2-1-3-5-12)19-18-21-20-17(25-18)13-7-8-14-15(10-13)24-11-23-14/h1-10H,11H2,(H,19,21,22). The molecule has 0 aliphatic carbocycles. The first kappa shape index (κ1) is 14.9. The molecule has 3 aromatic rings. The van der Waals surface area contributed by atoms with E-state index in [1.165, 1.54) is 6.08 Å². The highest BCUT2D eigenvalue weighted by molar-refractivity contribution is 6.00. The molecule has 0 spiro atoms. The Morgan fingerprint density at radius 2 is 1.88 bits per heavy atom. The summed E-state index contributed by atoms with van der Waals surface area (Å²) in [7, 11) is 0. The second-order valence-corrected chi connectivity index (χ2v) is 5.21. The molecule has 1 aliphatic rings. The zero-order chi connectivity index (χ0) is 17.1. The van der Waals surface area contributed by atoms with E-state index in [2.05, 4.69) is 15.5 Å². The molecule has 0 saturated carbocycles. The number of benzene rings is 2. The first-order valence-electron chi connectivity index (χ1n) is 7.55. The fourth-order valence-electron chi connectivity index (χ4n) is 2.30. The topological polar surface area (TPSA) is 86.5 Å². The summed E-state index contributed by atoms with van der Waals surface area (Å²) >= 11 is 0. The number of rotatable bonds is 4. The van der Waals surface area contributed by atoms with Gasteiger partial charge in [0.05, 0.1) is 0 Å². The van der Waals surface area contributed by atoms with Crippen molar-refractivity contribution in [1.29, 1.82) is 0 Å². The summed E-state index contributed by atoms with van der Waals surface area (Å²) in [4.78, 5) is 11.9. The molecule has 7 heteroatoms. The van der Waals surface area contributed by atoms with Crippen molar-refractivity contribution in [2.75, 3.05) is 12.1 Å². The monoisotopic (exact) mass is 335 g/mol. The number of carbonyl (C=O) groups excluding carboxylic acids is 1. The summed E-state index contributed by atoms with van der Waals surface area (Å²) in [6.07, 6.45) is 3.10. The smallest absolute Gasteiger partial charge is 0.322 e. The summed E-state index contributed by atoms with van der Waals surface area (Å²) in [5, 5.41) is 10.3. The number of fused-ring (bicyclic) bond motifs is 1. The molecule has 0 radical (unpaired) electrons. The Morgan fingerprint density at radius 3 is 2.76 bits per heavy atom. The average molecular weight is 335 g/mol. The van der Waals surface area contributed by atoms with Crippen LogP contribution in [0.15, 0.2) is 59.0 Å². The van der Waals surface area contributed by atoms with Crippen LogP contribution in [-0.4, -0.2) is 22.9 Å². The molecule has 1 aliphatic heterocycles. The van der Waals surface area contributed by atoms with Crippen molar-refractivity contribution in [2.45, 2.75) is 0 Å². The molecule has 124 valence electrons. The van der Waals surface area contributed by atoms with Crippen LogP contribution in [0.25, 0.3) is 17.5 Å². The van der Waals surface area contributed by atoms with Crippen LogP contribution in [-0.2, 0) is 4.79 Å². The minimum atomic E-state index is -0.357. The predicted octanol–water partition coefficient (Wildman–Crippen LogP) is 3.12. The molecule has 0 unspecified atom stereocenters. The van der Waals surface area contributed by atoms with Gasteiger partial charge in [0.15, 0.2) is 11.5 Å². The molecule has 0 saturated heterocycles. The molecule has 2 heterocycles. The predicted molar refractivity (Wildman–Crippen MR) is 90.0 cm³/mol. The molecule has 0 fully saturated rings. The molecule has 0 atom stereocenters. The Bertz CT molecular complexity index is 935. The highest BCUT2D eigenvalue weighted by Crippen LogP contribution is 2.35. The first-order valence-corrected chi connectivity index (χ1v) is 7.55. The Balaban J connectivity index is 1.44. The van der Waals surface area contributed by atoms with Gasteiger partial charge < -0.3 is 13.9 Å². The minimum Gasteiger partial charge on any atom is -0.454 e. The highest BCUT2D eigenvalue weighted by atomic mass is 16.7. The van der Waals surface area contributed by atoms with Crippen LogP contribution >= 0.6 is 0 Å². The zero-order valence-corrected chi connectivity index (χ0v) is 13.0. The fourth-order valence-corrected chi connectivity index (χ4v) is 2.30. The van der Waals surface area contributed by atoms with Crippen LogP contribution in [0.3, 0.4) is 0 Å². The lowest BCUT2D eigenvalue weighted by Crippen LogP contribution is -2.07. The van der Waals surface area contributed by atoms with Crippen LogP contribution in [0.2, 0.25) is 0 Å². The summed E-state index contributed by atoms with van der Waals surface area (Å²) in [6, 6.07) is 14.8. The SMILES string of the molecule is O=C(C=Cc1ccccc1)Nc1nnc(-c2ccc3c(c2)OCO3)o1. The maximum absolute atomic E-state index is 11.9. The quantitative estimate of drug-likeness (QED) is 0.737. The largest absolute Gasteiger partial charge is 0.454 e. The van der Waals surface area contributed by atoms with Crippen LogP contribution in [0.1, 0.15) is 5.56 Å². The van der Waals surface area contributed by atoms with E-state index in [-0.39, 0.29) is 24.6 Å². The average Bonchev–Trinajstić information content (AvgIpc) is 3.29. The van der Waals surface area contributed by atoms with E-state index in [1.807, 2.05) is 30.3 Å². The van der Waals surface area contributed by atoms with Crippen LogP contribution in [0, 0.1) is 0 Å². The molecular formula is C18H13N3O4. The van der Waals surface area contributed by atoms with Gasteiger partial charge in [0.2, 0.25) is 12.7 Å². The summed E-state index contributed by atoms with van der Waals surface area (Å²) in [5.74, 6) is 1.21. The lowest BCUT2D eigenvalue weighted by atomic mass is 10.2. The Morgan fingerprint density at radius 1 is 1.04 bits per heavy atom. The van der Waals surface area contributed by atoms with Crippen molar-refractivity contribution in [1.82, 2.24) is 10.2 Å². The van der Waals surface area contributed by atoms with Gasteiger partial charge in [-0.25, -0.2) is 0 Å². The number of nitrogens with one attached hydrogen (secondary N) is 1. The molecule has 1 aromatic heterocycles. The van der Waals surface area contributed by atoms with Crippen molar-refractivity contribution in [2.24, 2.45) is 0 Å². The molecule has 4 rings (SSSR count). The van der Waals surface area contributed by atoms with Gasteiger partial charge in [-0.3, -0.25) is 10.1 Å². The summed E-state index contributed by atoms with van der Waals surface area (Å²) < 4.78 is 16.0. The lowest BCUT2D eigenvalue weighted by molar-refractivity contribution is -0.112. The van der Waals surface area contributed by atoms with Gasteiger partial charge >= 0.3 is 6.01 Å². The third-order valence-electron chi connectivity index (χ3n) is 3.50. The van der Waals surface area contributed by atoms with E-state index in [0.717, 1.165) is 5.56 Å². The molecule has 25 heavy (non-hydrogen) atoms. The van der Waals surface area contributed by atoms with Gasteiger partial charge in [-0.2, -0.15) is 0 Å². The first-order chi connectivity index (χ1) is 12.3. The Labute approximate surface area is 142 Å². The van der Waals surface area contributed by atoms with Crippen molar-refractivity contribution < 1.29 is 18.7 Å². The van der Waals surface area contributed by atoms with Gasteiger partial charge in [-0.05, 0) is 29.8 Å². The van der Waals surface area contributed by atoms with E-state index in [0.29, 0.717) is 17.1 Å². The fraction of sp³-hybridized carbons (Fsp3) is 0.0556. The molecule has 1 amide bonds. The Hall–Kier alpha value is -3.61. The van der Waals surface area contributed by atoms with Crippen LogP contribution in [0.4, 0.5) is 6.01 Å². The number of hydrogen-bond acceptors (Lipinski definition) is 6. The van der Waals surface area contributed by atoms with Gasteiger partial charge in [-0.15, -0.1) is 5.10 Å². The molecule has 2 aromatic carbocycles. The number of ether oxygens (including phenoxy) is 2. The van der Waals surface area contributed by atoms with Crippen molar-refractivity contribution in [3.8, 4) is 23.0 Å². The number of aromatic nitrogens is 2. The maximum Gasteiger partial charge on any atom is 0.322 e. The third-order valence-corrected chi connectivity index (χ3v) is 3.50. The van der Waals surface area contributed by atoms with Crippen molar-refractivity contribution in [3.05, 3.63) is 60.2 Å². The van der Waals surface area contributed by atoms with E-state index >= 15 is 0 Å². The number of amides is 1. The summed E-state index contributed by atoms with van der Waals surface area (Å²) in [5.41, 5.74) is 1.60. The van der Waals surface area contributed by atoms with Crippen molar-refractivity contribution >= 4 is 18.0 Å². The van der Waals surface area contributed by atoms with E-state index in [4.69, 9.17) is 13.9 Å². The number of anilines is 1. The van der Waals surface area contributed by atoms with E-state index in [9.17, 15) is 4.79 Å². The maximum atomic E-state index is 11.9. The Kier molecular flexibility index (Phi) is 3.88. The second-order valence-electron chi connectivity index (χ2n) is 5.21. The zero-order valence-electron chi connectivity index (χ0n) is 13.0. The number of hydrogen-bond donors (Lipinski definition) is 1. The van der Waals surface area contributed by atoms with E-state index < -0.39 is 0 Å². The van der Waals surface area contributed by atoms with Gasteiger partial charge in [0, 0.05) is 11.6 Å². The summed E-state index contributed by atoms with van der Waals surface area (Å²) in [6.45, 7) is 0.192. The number of carbonyl (C=O) groups is 1. The minimum absolute atomic E-state index is 0.0235. The lowest BCUT2D eigenvalue weighted by Gasteiger charge is -1.98. The van der Waals surface area contributed by atoms with Gasteiger partial charge in [0.25, 0.3) is 5.91 Å². The van der Waals surface area contributed by atoms with Crippen LogP contribution < -0.4 is 14.8 Å². The second kappa shape index (κ2) is 6.48. The van der Waals surface area contributed by atoms with Crippen LogP contribution in [0.5, 0.6) is 11.5 Å². The molecular weight excluding hydrogens is 322 g/mol. The highest BCUT2D eigenvalue weighted by Gasteiger charge is 2.17. The van der Waals surface area contributed by atoms with Gasteiger partial charge in [0.1, 0.15) is 0 Å². The molecule has 7 nitrogen and oxygen atoms in total. The number of nitrogens with zero attached hydrogens (tertiary/aromatic N) is 2. The normalized spacial score (nSPS) is 12.5. The van der Waals surface area contributed by atoms with E-state index in [1.54, 1.807) is 24.3 Å². The molecule has 1 N–H and O–H groups in total.